The van der Waals surface area contributed by atoms with E-state index in [-0.39, 0.29) is 5.78 Å². The average molecular weight is 306 g/mol. The molecule has 1 saturated carbocycles. The van der Waals surface area contributed by atoms with Gasteiger partial charge in [0, 0.05) is 6.42 Å². The Balaban J connectivity index is 1.81. The van der Waals surface area contributed by atoms with Crippen LogP contribution in [0.2, 0.25) is 0 Å². The Kier molecular flexibility index (Phi) is 4.18. The molecule has 0 unspecified atom stereocenters. The van der Waals surface area contributed by atoms with Crippen molar-refractivity contribution in [2.24, 2.45) is 0 Å². The van der Waals surface area contributed by atoms with Gasteiger partial charge in [0.05, 0.1) is 12.7 Å². The molecule has 118 valence electrons. The number of ketones is 1. The Hall–Kier alpha value is -2.24. The van der Waals surface area contributed by atoms with Crippen LogP contribution in [0, 0.1) is 0 Å². The molecule has 0 spiro atoms. The summed E-state index contributed by atoms with van der Waals surface area (Å²) < 4.78 is 21.6. The summed E-state index contributed by atoms with van der Waals surface area (Å²) in [5.41, 5.74) is 0.291. The Morgan fingerprint density at radius 2 is 2.05 bits per heavy atom. The van der Waals surface area contributed by atoms with E-state index in [1.807, 2.05) is 0 Å². The van der Waals surface area contributed by atoms with Crippen molar-refractivity contribution in [2.45, 2.75) is 31.8 Å². The number of carbonyl (C=O) groups excluding carboxylic acids is 2. The number of hydrogen-bond donors (Lipinski definition) is 0. The molecule has 6 heteroatoms. The van der Waals surface area contributed by atoms with Crippen LogP contribution in [-0.2, 0) is 9.53 Å². The molecule has 0 N–H and O–H groups in total. The van der Waals surface area contributed by atoms with Crippen molar-refractivity contribution in [2.75, 3.05) is 20.3 Å². The number of rotatable bonds is 3. The average Bonchev–Trinajstić information content (AvgIpc) is 2.55. The molecule has 1 aromatic rings. The molecule has 0 aromatic heterocycles. The number of hydrogen-bond acceptors (Lipinski definition) is 6. The van der Waals surface area contributed by atoms with Crippen molar-refractivity contribution in [3.05, 3.63) is 17.7 Å². The van der Waals surface area contributed by atoms with E-state index in [1.54, 1.807) is 12.1 Å². The van der Waals surface area contributed by atoms with Crippen molar-refractivity contribution >= 4 is 11.8 Å². The lowest BCUT2D eigenvalue weighted by molar-refractivity contribution is -0.129. The molecule has 0 amide bonds. The molecule has 1 heterocycles. The summed E-state index contributed by atoms with van der Waals surface area (Å²) in [5, 5.41) is 0. The lowest BCUT2D eigenvalue weighted by atomic mass is 9.96. The van der Waals surface area contributed by atoms with Gasteiger partial charge >= 0.3 is 5.97 Å². The summed E-state index contributed by atoms with van der Waals surface area (Å²) in [6, 6.07) is 3.11. The minimum absolute atomic E-state index is 0.0101. The van der Waals surface area contributed by atoms with Gasteiger partial charge in [-0.2, -0.15) is 0 Å². The van der Waals surface area contributed by atoms with E-state index in [0.717, 1.165) is 12.8 Å². The largest absolute Gasteiger partial charge is 0.493 e. The second kappa shape index (κ2) is 6.25. The van der Waals surface area contributed by atoms with E-state index in [2.05, 4.69) is 0 Å². The van der Waals surface area contributed by atoms with E-state index in [9.17, 15) is 9.59 Å². The summed E-state index contributed by atoms with van der Waals surface area (Å²) in [7, 11) is 1.49. The third-order valence-electron chi connectivity index (χ3n) is 3.81. The maximum atomic E-state index is 12.3. The fraction of sp³-hybridized carbons (Fsp3) is 0.500. The van der Waals surface area contributed by atoms with Crippen LogP contribution in [0.1, 0.15) is 36.0 Å². The normalized spacial score (nSPS) is 20.4. The third-order valence-corrected chi connectivity index (χ3v) is 3.81. The molecule has 0 saturated heterocycles. The number of methoxy groups -OCH3 is 1. The van der Waals surface area contributed by atoms with Crippen LogP contribution < -0.4 is 14.2 Å². The van der Waals surface area contributed by atoms with Gasteiger partial charge in [-0.3, -0.25) is 4.79 Å². The topological polar surface area (TPSA) is 71.1 Å². The zero-order valence-electron chi connectivity index (χ0n) is 12.4. The van der Waals surface area contributed by atoms with Gasteiger partial charge in [0.2, 0.25) is 5.75 Å². The van der Waals surface area contributed by atoms with Gasteiger partial charge in [0.15, 0.2) is 23.4 Å². The van der Waals surface area contributed by atoms with Crippen LogP contribution in [-0.4, -0.2) is 38.2 Å². The molecule has 1 aromatic carbocycles. The van der Waals surface area contributed by atoms with Gasteiger partial charge < -0.3 is 18.9 Å². The highest BCUT2D eigenvalue weighted by Crippen LogP contribution is 2.40. The second-order valence-corrected chi connectivity index (χ2v) is 5.31. The van der Waals surface area contributed by atoms with Gasteiger partial charge in [0.1, 0.15) is 13.2 Å². The van der Waals surface area contributed by atoms with E-state index in [4.69, 9.17) is 18.9 Å². The van der Waals surface area contributed by atoms with Gasteiger partial charge in [-0.05, 0) is 31.4 Å². The number of ether oxygens (including phenoxy) is 4. The highest BCUT2D eigenvalue weighted by Gasteiger charge is 2.28. The van der Waals surface area contributed by atoms with Crippen molar-refractivity contribution in [3.63, 3.8) is 0 Å². The Bertz CT molecular complexity index is 577. The highest BCUT2D eigenvalue weighted by atomic mass is 16.6. The van der Waals surface area contributed by atoms with E-state index >= 15 is 0 Å². The number of fused-ring (bicyclic) bond motifs is 1. The molecule has 1 aliphatic carbocycles. The van der Waals surface area contributed by atoms with Crippen molar-refractivity contribution in [1.29, 1.82) is 0 Å². The van der Waals surface area contributed by atoms with Crippen LogP contribution in [0.4, 0.5) is 0 Å². The highest BCUT2D eigenvalue weighted by molar-refractivity contribution is 5.94. The molecular weight excluding hydrogens is 288 g/mol. The minimum Gasteiger partial charge on any atom is -0.493 e. The smallest absolute Gasteiger partial charge is 0.339 e. The van der Waals surface area contributed by atoms with Crippen molar-refractivity contribution < 1.29 is 28.5 Å². The summed E-state index contributed by atoms with van der Waals surface area (Å²) in [6.07, 6.45) is 2.19. The Morgan fingerprint density at radius 1 is 1.23 bits per heavy atom. The Labute approximate surface area is 128 Å². The number of Topliss-reactive ketones (excluding diaryl/α,β-unsaturated/α-hetero) is 1. The molecule has 1 aliphatic heterocycles. The van der Waals surface area contributed by atoms with Crippen molar-refractivity contribution in [3.8, 4) is 17.2 Å². The SMILES string of the molecule is COc1cc(C(=O)O[C@@H]2CCCCC2=O)cc2c1OCCO2. The molecule has 6 nitrogen and oxygen atoms in total. The van der Waals surface area contributed by atoms with Gasteiger partial charge in [-0.25, -0.2) is 4.79 Å². The molecule has 22 heavy (non-hydrogen) atoms. The lowest BCUT2D eigenvalue weighted by Gasteiger charge is -2.23. The summed E-state index contributed by atoms with van der Waals surface area (Å²) >= 11 is 0. The maximum absolute atomic E-state index is 12.3. The van der Waals surface area contributed by atoms with E-state index in [0.29, 0.717) is 48.9 Å². The second-order valence-electron chi connectivity index (χ2n) is 5.31. The quantitative estimate of drug-likeness (QED) is 0.797. The molecule has 0 bridgehead atoms. The first kappa shape index (κ1) is 14.7. The van der Waals surface area contributed by atoms with E-state index in [1.165, 1.54) is 7.11 Å². The van der Waals surface area contributed by atoms with Gasteiger partial charge in [-0.15, -0.1) is 0 Å². The number of esters is 1. The number of benzene rings is 1. The van der Waals surface area contributed by atoms with Crippen LogP contribution in [0.3, 0.4) is 0 Å². The first-order valence-corrected chi connectivity index (χ1v) is 7.40. The van der Waals surface area contributed by atoms with Crippen LogP contribution in [0.25, 0.3) is 0 Å². The fourth-order valence-electron chi connectivity index (χ4n) is 2.66. The molecule has 3 rings (SSSR count). The van der Waals surface area contributed by atoms with Gasteiger partial charge in [0.25, 0.3) is 0 Å². The van der Waals surface area contributed by atoms with Crippen molar-refractivity contribution in [1.82, 2.24) is 0 Å². The summed E-state index contributed by atoms with van der Waals surface area (Å²) in [4.78, 5) is 24.1. The monoisotopic (exact) mass is 306 g/mol. The molecule has 2 aliphatic rings. The van der Waals surface area contributed by atoms with Crippen LogP contribution in [0.5, 0.6) is 17.2 Å². The predicted molar refractivity (Wildman–Crippen MR) is 76.7 cm³/mol. The summed E-state index contributed by atoms with van der Waals surface area (Å²) in [6.45, 7) is 0.847. The standard InChI is InChI=1S/C16H18O6/c1-19-13-8-10(9-14-15(13)21-7-6-20-14)16(18)22-12-5-3-2-4-11(12)17/h8-9,12H,2-7H2,1H3/t12-/m1/s1. The molecule has 1 fully saturated rings. The maximum Gasteiger partial charge on any atom is 0.339 e. The summed E-state index contributed by atoms with van der Waals surface area (Å²) in [5.74, 6) is 0.797. The first-order chi connectivity index (χ1) is 10.7. The zero-order chi connectivity index (χ0) is 15.5. The number of carbonyl (C=O) groups is 2. The fourth-order valence-corrected chi connectivity index (χ4v) is 2.66. The van der Waals surface area contributed by atoms with Gasteiger partial charge in [-0.1, -0.05) is 0 Å². The van der Waals surface area contributed by atoms with Crippen LogP contribution in [0.15, 0.2) is 12.1 Å². The zero-order valence-corrected chi connectivity index (χ0v) is 12.4. The van der Waals surface area contributed by atoms with Crippen LogP contribution >= 0.6 is 0 Å². The first-order valence-electron chi connectivity index (χ1n) is 7.40. The minimum atomic E-state index is -0.638. The van der Waals surface area contributed by atoms with E-state index < -0.39 is 12.1 Å². The predicted octanol–water partition coefficient (Wildman–Crippen LogP) is 2.13. The molecular formula is C16H18O6. The molecule has 1 atom stereocenters. The third kappa shape index (κ3) is 2.86. The lowest BCUT2D eigenvalue weighted by Crippen LogP contribution is -2.30. The molecule has 0 radical (unpaired) electrons. The Morgan fingerprint density at radius 3 is 2.82 bits per heavy atom.